The van der Waals surface area contributed by atoms with Crippen molar-refractivity contribution in [1.29, 1.82) is 0 Å². The zero-order valence-electron chi connectivity index (χ0n) is 10.9. The number of nitrogens with zero attached hydrogens (tertiary/aromatic N) is 1. The highest BCUT2D eigenvalue weighted by molar-refractivity contribution is 6.32. The number of amides is 1. The van der Waals surface area contributed by atoms with Gasteiger partial charge in [-0.2, -0.15) is 0 Å². The number of carbonyl (C=O) groups is 1. The summed E-state index contributed by atoms with van der Waals surface area (Å²) >= 11 is 5.79. The van der Waals surface area contributed by atoms with Crippen LogP contribution in [0.25, 0.3) is 0 Å². The molecule has 4 nitrogen and oxygen atoms in total. The molecule has 0 aliphatic heterocycles. The van der Waals surface area contributed by atoms with Crippen molar-refractivity contribution in [1.82, 2.24) is 4.90 Å². The Labute approximate surface area is 121 Å². The topological polar surface area (TPSA) is 60.8 Å². The number of halogens is 1. The van der Waals surface area contributed by atoms with Crippen molar-refractivity contribution < 1.29 is 15.0 Å². The van der Waals surface area contributed by atoms with Crippen LogP contribution >= 0.6 is 11.6 Å². The summed E-state index contributed by atoms with van der Waals surface area (Å²) in [7, 11) is 1.68. The minimum Gasteiger partial charge on any atom is -0.508 e. The summed E-state index contributed by atoms with van der Waals surface area (Å²) in [5.74, 6) is -0.0579. The van der Waals surface area contributed by atoms with Crippen LogP contribution < -0.4 is 0 Å². The minimum absolute atomic E-state index is 0.0515. The van der Waals surface area contributed by atoms with E-state index in [9.17, 15) is 15.0 Å². The third-order valence-electron chi connectivity index (χ3n) is 2.90. The highest BCUT2D eigenvalue weighted by Crippen LogP contribution is 2.24. The first kappa shape index (κ1) is 14.2. The molecule has 0 radical (unpaired) electrons. The van der Waals surface area contributed by atoms with E-state index in [1.807, 2.05) is 0 Å². The van der Waals surface area contributed by atoms with Gasteiger partial charge in [0.15, 0.2) is 0 Å². The maximum absolute atomic E-state index is 12.2. The third-order valence-corrected chi connectivity index (χ3v) is 3.20. The fourth-order valence-electron chi connectivity index (χ4n) is 1.81. The van der Waals surface area contributed by atoms with E-state index in [4.69, 9.17) is 11.6 Å². The van der Waals surface area contributed by atoms with Crippen molar-refractivity contribution >= 4 is 17.5 Å². The average molecular weight is 292 g/mol. The van der Waals surface area contributed by atoms with Crippen molar-refractivity contribution in [2.24, 2.45) is 0 Å². The van der Waals surface area contributed by atoms with Crippen molar-refractivity contribution in [3.8, 4) is 11.5 Å². The summed E-state index contributed by atoms with van der Waals surface area (Å²) < 4.78 is 0. The molecule has 0 bridgehead atoms. The summed E-state index contributed by atoms with van der Waals surface area (Å²) in [6, 6.07) is 11.0. The van der Waals surface area contributed by atoms with E-state index in [1.165, 1.54) is 23.1 Å². The molecule has 2 aromatic rings. The number of rotatable bonds is 3. The van der Waals surface area contributed by atoms with E-state index in [1.54, 1.807) is 31.3 Å². The van der Waals surface area contributed by atoms with Crippen LogP contribution in [0, 0.1) is 0 Å². The van der Waals surface area contributed by atoms with Gasteiger partial charge in [0.1, 0.15) is 11.5 Å². The molecular weight excluding hydrogens is 278 g/mol. The molecule has 2 N–H and O–H groups in total. The molecule has 0 aromatic heterocycles. The maximum Gasteiger partial charge on any atom is 0.253 e. The monoisotopic (exact) mass is 291 g/mol. The van der Waals surface area contributed by atoms with Gasteiger partial charge in [0.2, 0.25) is 0 Å². The standard InChI is InChI=1S/C15H14ClNO3/c1-17(9-10-2-5-12(18)6-3-10)15(20)11-4-7-14(19)13(16)8-11/h2-8,18-19H,9H2,1H3. The van der Waals surface area contributed by atoms with Crippen LogP contribution in [0.3, 0.4) is 0 Å². The highest BCUT2D eigenvalue weighted by atomic mass is 35.5. The van der Waals surface area contributed by atoms with Gasteiger partial charge < -0.3 is 15.1 Å². The zero-order valence-corrected chi connectivity index (χ0v) is 11.6. The molecular formula is C15H14ClNO3. The molecule has 2 aromatic carbocycles. The number of benzene rings is 2. The third kappa shape index (κ3) is 3.22. The molecule has 0 aliphatic carbocycles. The minimum atomic E-state index is -0.194. The lowest BCUT2D eigenvalue weighted by Gasteiger charge is -2.17. The molecule has 0 heterocycles. The van der Waals surface area contributed by atoms with E-state index in [-0.39, 0.29) is 22.4 Å². The first-order valence-corrected chi connectivity index (χ1v) is 6.37. The van der Waals surface area contributed by atoms with E-state index in [2.05, 4.69) is 0 Å². The Morgan fingerprint density at radius 2 is 1.80 bits per heavy atom. The fourth-order valence-corrected chi connectivity index (χ4v) is 1.99. The second-order valence-electron chi connectivity index (χ2n) is 4.49. The summed E-state index contributed by atoms with van der Waals surface area (Å²) in [6.07, 6.45) is 0. The van der Waals surface area contributed by atoms with E-state index >= 15 is 0 Å². The Hall–Kier alpha value is -2.20. The predicted octanol–water partition coefficient (Wildman–Crippen LogP) is 3.02. The Kier molecular flexibility index (Phi) is 4.15. The smallest absolute Gasteiger partial charge is 0.253 e. The van der Waals surface area contributed by atoms with Crippen molar-refractivity contribution in [2.45, 2.75) is 6.54 Å². The summed E-state index contributed by atoms with van der Waals surface area (Å²) in [5, 5.41) is 18.7. The first-order valence-electron chi connectivity index (χ1n) is 5.99. The molecule has 0 fully saturated rings. The van der Waals surface area contributed by atoms with Gasteiger partial charge in [-0.1, -0.05) is 23.7 Å². The van der Waals surface area contributed by atoms with E-state index < -0.39 is 0 Å². The molecule has 0 spiro atoms. The lowest BCUT2D eigenvalue weighted by Crippen LogP contribution is -2.26. The largest absolute Gasteiger partial charge is 0.508 e. The number of carbonyl (C=O) groups excluding carboxylic acids is 1. The van der Waals surface area contributed by atoms with Gasteiger partial charge in [0.05, 0.1) is 5.02 Å². The lowest BCUT2D eigenvalue weighted by atomic mass is 10.1. The SMILES string of the molecule is CN(Cc1ccc(O)cc1)C(=O)c1ccc(O)c(Cl)c1. The molecule has 0 atom stereocenters. The molecule has 0 aliphatic rings. The predicted molar refractivity (Wildman–Crippen MR) is 77.0 cm³/mol. The molecule has 5 heteroatoms. The fraction of sp³-hybridized carbons (Fsp3) is 0.133. The van der Waals surface area contributed by atoms with E-state index in [0.29, 0.717) is 12.1 Å². The Morgan fingerprint density at radius 1 is 1.15 bits per heavy atom. The van der Waals surface area contributed by atoms with Crippen molar-refractivity contribution in [2.75, 3.05) is 7.05 Å². The second-order valence-corrected chi connectivity index (χ2v) is 4.90. The van der Waals surface area contributed by atoms with Gasteiger partial charge in [-0.3, -0.25) is 4.79 Å². The van der Waals surface area contributed by atoms with Gasteiger partial charge in [0, 0.05) is 19.2 Å². The molecule has 0 saturated heterocycles. The van der Waals surface area contributed by atoms with Gasteiger partial charge >= 0.3 is 0 Å². The highest BCUT2D eigenvalue weighted by Gasteiger charge is 2.13. The molecule has 20 heavy (non-hydrogen) atoms. The molecule has 0 unspecified atom stereocenters. The Bertz CT molecular complexity index is 626. The van der Waals surface area contributed by atoms with Gasteiger partial charge in [0.25, 0.3) is 5.91 Å². The van der Waals surface area contributed by atoms with E-state index in [0.717, 1.165) is 5.56 Å². The summed E-state index contributed by atoms with van der Waals surface area (Å²) in [6.45, 7) is 0.414. The summed E-state index contributed by atoms with van der Waals surface area (Å²) in [4.78, 5) is 13.8. The van der Waals surface area contributed by atoms with Crippen LogP contribution in [-0.4, -0.2) is 28.1 Å². The second kappa shape index (κ2) is 5.84. The molecule has 104 valence electrons. The van der Waals surface area contributed by atoms with Crippen LogP contribution in [-0.2, 0) is 6.54 Å². The first-order chi connectivity index (χ1) is 9.47. The molecule has 2 rings (SSSR count). The number of phenolic OH excluding ortho intramolecular Hbond substituents is 2. The van der Waals surface area contributed by atoms with Crippen LogP contribution in [0.1, 0.15) is 15.9 Å². The Morgan fingerprint density at radius 3 is 2.40 bits per heavy atom. The number of hydrogen-bond donors (Lipinski definition) is 2. The number of hydrogen-bond acceptors (Lipinski definition) is 3. The quantitative estimate of drug-likeness (QED) is 0.914. The lowest BCUT2D eigenvalue weighted by molar-refractivity contribution is 0.0785. The van der Waals surface area contributed by atoms with Gasteiger partial charge in [-0.05, 0) is 35.9 Å². The van der Waals surface area contributed by atoms with Crippen molar-refractivity contribution in [3.05, 3.63) is 58.6 Å². The van der Waals surface area contributed by atoms with Crippen LogP contribution in [0.5, 0.6) is 11.5 Å². The van der Waals surface area contributed by atoms with Crippen LogP contribution in [0.2, 0.25) is 5.02 Å². The average Bonchev–Trinajstić information content (AvgIpc) is 2.43. The van der Waals surface area contributed by atoms with Crippen LogP contribution in [0.15, 0.2) is 42.5 Å². The van der Waals surface area contributed by atoms with Gasteiger partial charge in [-0.25, -0.2) is 0 Å². The normalized spacial score (nSPS) is 10.3. The number of phenols is 2. The number of aromatic hydroxyl groups is 2. The molecule has 1 amide bonds. The summed E-state index contributed by atoms with van der Waals surface area (Å²) in [5.41, 5.74) is 1.32. The zero-order chi connectivity index (χ0) is 14.7. The van der Waals surface area contributed by atoms with Gasteiger partial charge in [-0.15, -0.1) is 0 Å². The van der Waals surface area contributed by atoms with Crippen molar-refractivity contribution in [3.63, 3.8) is 0 Å². The molecule has 0 saturated carbocycles. The Balaban J connectivity index is 2.11. The maximum atomic E-state index is 12.2. The van der Waals surface area contributed by atoms with Crippen LogP contribution in [0.4, 0.5) is 0 Å².